The summed E-state index contributed by atoms with van der Waals surface area (Å²) >= 11 is 0. The number of imide groups is 1. The maximum atomic E-state index is 13.7. The summed E-state index contributed by atoms with van der Waals surface area (Å²) in [7, 11) is 0. The molecule has 0 saturated heterocycles. The first-order chi connectivity index (χ1) is 16.3. The molecule has 0 heterocycles. The van der Waals surface area contributed by atoms with E-state index in [1.807, 2.05) is 0 Å². The quantitative estimate of drug-likeness (QED) is 0.352. The van der Waals surface area contributed by atoms with Gasteiger partial charge in [0.25, 0.3) is 0 Å². The molecule has 1 aromatic carbocycles. The monoisotopic (exact) mass is 513 g/mol. The molecule has 1 rings (SSSR count). The number of rotatable bonds is 10. The van der Waals surface area contributed by atoms with Gasteiger partial charge < -0.3 is 4.74 Å². The van der Waals surface area contributed by atoms with Gasteiger partial charge in [-0.3, -0.25) is 19.2 Å². The van der Waals surface area contributed by atoms with Crippen molar-refractivity contribution in [2.45, 2.75) is 80.8 Å². The van der Waals surface area contributed by atoms with Crippen molar-refractivity contribution in [2.24, 2.45) is 22.2 Å². The second-order valence-electron chi connectivity index (χ2n) is 11.3. The standard InChI is InChI=1S/C27H38F3NO5/c1-9-26(8,23(35)36-16-20(32)15-18(2)27(28,29)30)17-25(6,7)22(34)31(21(33)24(3,4)5)19-13-11-10-12-14-19/h10-14,18H,9,15-17H2,1-8H3. The van der Waals surface area contributed by atoms with Gasteiger partial charge in [-0.1, -0.05) is 66.7 Å². The number of esters is 1. The van der Waals surface area contributed by atoms with Crippen molar-refractivity contribution in [3.63, 3.8) is 0 Å². The molecule has 0 aliphatic heterocycles. The lowest BCUT2D eigenvalue weighted by atomic mass is 9.71. The van der Waals surface area contributed by atoms with Crippen molar-refractivity contribution >= 4 is 29.3 Å². The van der Waals surface area contributed by atoms with Crippen LogP contribution in [-0.2, 0) is 23.9 Å². The zero-order valence-corrected chi connectivity index (χ0v) is 22.4. The topological polar surface area (TPSA) is 80.8 Å². The van der Waals surface area contributed by atoms with E-state index in [4.69, 9.17) is 4.74 Å². The van der Waals surface area contributed by atoms with Crippen LogP contribution in [-0.4, -0.2) is 36.4 Å². The molecule has 0 saturated carbocycles. The number of Topliss-reactive ketones (excluding diaryl/α,β-unsaturated/α-hetero) is 1. The first-order valence-electron chi connectivity index (χ1n) is 12.0. The van der Waals surface area contributed by atoms with Crippen molar-refractivity contribution in [1.82, 2.24) is 0 Å². The summed E-state index contributed by atoms with van der Waals surface area (Å²) in [5.74, 6) is -4.38. The van der Waals surface area contributed by atoms with Gasteiger partial charge in [0, 0.05) is 17.3 Å². The number of ketones is 1. The van der Waals surface area contributed by atoms with Crippen LogP contribution in [0.2, 0.25) is 0 Å². The van der Waals surface area contributed by atoms with Crippen LogP contribution in [0, 0.1) is 22.2 Å². The highest BCUT2D eigenvalue weighted by Crippen LogP contribution is 2.40. The zero-order valence-electron chi connectivity index (χ0n) is 22.4. The highest BCUT2D eigenvalue weighted by atomic mass is 19.4. The molecule has 0 aliphatic carbocycles. The Morgan fingerprint density at radius 3 is 1.89 bits per heavy atom. The van der Waals surface area contributed by atoms with Gasteiger partial charge in [-0.25, -0.2) is 4.90 Å². The van der Waals surface area contributed by atoms with E-state index >= 15 is 0 Å². The Morgan fingerprint density at radius 1 is 0.917 bits per heavy atom. The van der Waals surface area contributed by atoms with E-state index in [0.29, 0.717) is 5.69 Å². The maximum Gasteiger partial charge on any atom is 0.391 e. The Bertz CT molecular complexity index is 950. The van der Waals surface area contributed by atoms with E-state index in [9.17, 15) is 32.3 Å². The average molecular weight is 514 g/mol. The molecule has 0 fully saturated rings. The predicted molar refractivity (Wildman–Crippen MR) is 131 cm³/mol. The van der Waals surface area contributed by atoms with Gasteiger partial charge in [0.15, 0.2) is 5.78 Å². The van der Waals surface area contributed by atoms with Crippen LogP contribution in [0.15, 0.2) is 30.3 Å². The Kier molecular flexibility index (Phi) is 10.1. The third-order valence-electron chi connectivity index (χ3n) is 6.20. The van der Waals surface area contributed by atoms with Crippen LogP contribution in [0.5, 0.6) is 0 Å². The Balaban J connectivity index is 3.11. The first kappa shape index (κ1) is 31.3. The molecule has 0 spiro atoms. The molecule has 2 unspecified atom stereocenters. The lowest BCUT2D eigenvalue weighted by Crippen LogP contribution is -2.51. The highest BCUT2D eigenvalue weighted by molar-refractivity contribution is 6.18. The molecule has 6 nitrogen and oxygen atoms in total. The average Bonchev–Trinajstić information content (AvgIpc) is 2.76. The van der Waals surface area contributed by atoms with E-state index in [-0.39, 0.29) is 12.8 Å². The molecular formula is C27H38F3NO5. The summed E-state index contributed by atoms with van der Waals surface area (Å²) in [6.45, 7) is 11.8. The number of hydrogen-bond acceptors (Lipinski definition) is 5. The Hall–Kier alpha value is -2.71. The summed E-state index contributed by atoms with van der Waals surface area (Å²) in [6.07, 6.45) is -5.07. The minimum atomic E-state index is -4.52. The molecule has 0 aromatic heterocycles. The van der Waals surface area contributed by atoms with Crippen LogP contribution < -0.4 is 4.90 Å². The molecule has 9 heteroatoms. The van der Waals surface area contributed by atoms with Crippen molar-refractivity contribution < 1.29 is 37.1 Å². The predicted octanol–water partition coefficient (Wildman–Crippen LogP) is 6.13. The van der Waals surface area contributed by atoms with E-state index in [1.54, 1.807) is 78.8 Å². The Labute approximate surface area is 211 Å². The maximum absolute atomic E-state index is 13.7. The number of ether oxygens (including phenoxy) is 1. The molecule has 0 radical (unpaired) electrons. The normalized spacial score (nSPS) is 15.0. The number of benzene rings is 1. The number of nitrogens with zero attached hydrogens (tertiary/aromatic N) is 1. The van der Waals surface area contributed by atoms with Gasteiger partial charge in [-0.15, -0.1) is 0 Å². The largest absolute Gasteiger partial charge is 0.457 e. The minimum Gasteiger partial charge on any atom is -0.457 e. The van der Waals surface area contributed by atoms with Crippen LogP contribution in [0.25, 0.3) is 0 Å². The van der Waals surface area contributed by atoms with Crippen LogP contribution >= 0.6 is 0 Å². The second-order valence-corrected chi connectivity index (χ2v) is 11.3. The van der Waals surface area contributed by atoms with Gasteiger partial charge >= 0.3 is 12.1 Å². The van der Waals surface area contributed by atoms with Crippen LogP contribution in [0.1, 0.15) is 74.7 Å². The van der Waals surface area contributed by atoms with Crippen LogP contribution in [0.4, 0.5) is 18.9 Å². The van der Waals surface area contributed by atoms with E-state index in [1.165, 1.54) is 0 Å². The number of hydrogen-bond donors (Lipinski definition) is 0. The fraction of sp³-hybridized carbons (Fsp3) is 0.630. The number of amides is 2. The molecular weight excluding hydrogens is 475 g/mol. The second kappa shape index (κ2) is 11.6. The third kappa shape index (κ3) is 8.17. The fourth-order valence-corrected chi connectivity index (χ4v) is 3.77. The van der Waals surface area contributed by atoms with Crippen molar-refractivity contribution in [1.29, 1.82) is 0 Å². The van der Waals surface area contributed by atoms with Crippen LogP contribution in [0.3, 0.4) is 0 Å². The van der Waals surface area contributed by atoms with Crippen molar-refractivity contribution in [3.05, 3.63) is 30.3 Å². The molecule has 0 aliphatic rings. The number of carbonyl (C=O) groups excluding carboxylic acids is 4. The number of anilines is 1. The van der Waals surface area contributed by atoms with E-state index in [0.717, 1.165) is 11.8 Å². The van der Waals surface area contributed by atoms with Gasteiger partial charge in [0.05, 0.1) is 17.0 Å². The number of alkyl halides is 3. The number of para-hydroxylation sites is 1. The van der Waals surface area contributed by atoms with Gasteiger partial charge in [-0.2, -0.15) is 13.2 Å². The number of carbonyl (C=O) groups is 4. The SMILES string of the molecule is CCC(C)(CC(C)(C)C(=O)N(C(=O)C(C)(C)C)c1ccccc1)C(=O)OCC(=O)CC(C)C(F)(F)F. The molecule has 36 heavy (non-hydrogen) atoms. The lowest BCUT2D eigenvalue weighted by Gasteiger charge is -2.38. The van der Waals surface area contributed by atoms with Gasteiger partial charge in [-0.05, 0) is 31.9 Å². The van der Waals surface area contributed by atoms with E-state index < -0.39 is 64.9 Å². The zero-order chi connectivity index (χ0) is 28.1. The molecule has 2 atom stereocenters. The molecule has 202 valence electrons. The minimum absolute atomic E-state index is 0.0118. The smallest absolute Gasteiger partial charge is 0.391 e. The Morgan fingerprint density at radius 2 is 1.44 bits per heavy atom. The third-order valence-corrected chi connectivity index (χ3v) is 6.20. The van der Waals surface area contributed by atoms with Gasteiger partial charge in [0.1, 0.15) is 6.61 Å². The molecule has 2 amide bonds. The summed E-state index contributed by atoms with van der Waals surface area (Å²) in [6, 6.07) is 8.49. The molecule has 0 bridgehead atoms. The first-order valence-corrected chi connectivity index (χ1v) is 12.0. The number of halogens is 3. The van der Waals surface area contributed by atoms with Crippen molar-refractivity contribution in [2.75, 3.05) is 11.5 Å². The molecule has 1 aromatic rings. The van der Waals surface area contributed by atoms with E-state index in [2.05, 4.69) is 0 Å². The summed E-state index contributed by atoms with van der Waals surface area (Å²) in [5.41, 5.74) is -2.87. The summed E-state index contributed by atoms with van der Waals surface area (Å²) in [4.78, 5) is 53.0. The lowest BCUT2D eigenvalue weighted by molar-refractivity contribution is -0.175. The highest BCUT2D eigenvalue weighted by Gasteiger charge is 2.46. The summed E-state index contributed by atoms with van der Waals surface area (Å²) < 4.78 is 43.2. The molecule has 0 N–H and O–H groups in total. The van der Waals surface area contributed by atoms with Gasteiger partial charge in [0.2, 0.25) is 11.8 Å². The summed E-state index contributed by atoms with van der Waals surface area (Å²) in [5, 5.41) is 0. The van der Waals surface area contributed by atoms with Crippen molar-refractivity contribution in [3.8, 4) is 0 Å². The fourth-order valence-electron chi connectivity index (χ4n) is 3.77.